The highest BCUT2D eigenvalue weighted by Gasteiger charge is 2.31. The Hall–Kier alpha value is -3.04. The monoisotopic (exact) mass is 450 g/mol. The Kier molecular flexibility index (Phi) is 5.63. The SMILES string of the molecule is CNc1nc2c(c3cc(F)c(F)cc13)C(N(C)C(=O)Nc1ccc(F)c(Cl)c1)COC2. The molecule has 0 bridgehead atoms. The van der Waals surface area contributed by atoms with E-state index in [0.717, 1.165) is 18.2 Å². The van der Waals surface area contributed by atoms with Gasteiger partial charge < -0.3 is 20.3 Å². The van der Waals surface area contributed by atoms with Crippen LogP contribution in [0.2, 0.25) is 5.02 Å². The number of hydrogen-bond donors (Lipinski definition) is 2. The molecule has 1 aromatic heterocycles. The summed E-state index contributed by atoms with van der Waals surface area (Å²) in [5, 5.41) is 6.23. The molecule has 6 nitrogen and oxygen atoms in total. The van der Waals surface area contributed by atoms with E-state index in [2.05, 4.69) is 15.6 Å². The third-order valence-electron chi connectivity index (χ3n) is 5.21. The van der Waals surface area contributed by atoms with Crippen molar-refractivity contribution >= 4 is 39.9 Å². The number of ether oxygens (including phenoxy) is 1. The molecule has 0 aliphatic carbocycles. The van der Waals surface area contributed by atoms with E-state index in [9.17, 15) is 18.0 Å². The fourth-order valence-corrected chi connectivity index (χ4v) is 3.81. The van der Waals surface area contributed by atoms with Crippen molar-refractivity contribution < 1.29 is 22.7 Å². The average molecular weight is 451 g/mol. The molecule has 10 heteroatoms. The molecule has 0 saturated heterocycles. The van der Waals surface area contributed by atoms with Crippen LogP contribution in [0.25, 0.3) is 10.8 Å². The highest BCUT2D eigenvalue weighted by molar-refractivity contribution is 6.31. The molecule has 0 saturated carbocycles. The predicted octanol–water partition coefficient (Wildman–Crippen LogP) is 5.08. The van der Waals surface area contributed by atoms with Crippen LogP contribution in [-0.4, -0.2) is 36.6 Å². The van der Waals surface area contributed by atoms with E-state index >= 15 is 0 Å². The van der Waals surface area contributed by atoms with E-state index < -0.39 is 29.5 Å². The van der Waals surface area contributed by atoms with Crippen molar-refractivity contribution in [3.8, 4) is 0 Å². The van der Waals surface area contributed by atoms with Gasteiger partial charge in [0.2, 0.25) is 0 Å². The summed E-state index contributed by atoms with van der Waals surface area (Å²) in [5.41, 5.74) is 1.40. The minimum absolute atomic E-state index is 0.126. The van der Waals surface area contributed by atoms with Crippen molar-refractivity contribution in [2.24, 2.45) is 0 Å². The molecule has 1 aliphatic heterocycles. The molecule has 2 amide bonds. The van der Waals surface area contributed by atoms with Gasteiger partial charge in [-0.25, -0.2) is 22.9 Å². The van der Waals surface area contributed by atoms with Gasteiger partial charge in [0.25, 0.3) is 0 Å². The highest BCUT2D eigenvalue weighted by Crippen LogP contribution is 2.38. The normalized spacial score (nSPS) is 15.5. The van der Waals surface area contributed by atoms with Crippen LogP contribution in [0.15, 0.2) is 30.3 Å². The van der Waals surface area contributed by atoms with Crippen LogP contribution in [0, 0.1) is 17.5 Å². The maximum absolute atomic E-state index is 14.1. The zero-order chi connectivity index (χ0) is 22.3. The number of amides is 2. The van der Waals surface area contributed by atoms with Gasteiger partial charge in [-0.05, 0) is 35.7 Å². The second kappa shape index (κ2) is 8.24. The van der Waals surface area contributed by atoms with Gasteiger partial charge in [-0.3, -0.25) is 0 Å². The lowest BCUT2D eigenvalue weighted by molar-refractivity contribution is 0.0529. The average Bonchev–Trinajstić information content (AvgIpc) is 2.75. The number of aromatic nitrogens is 1. The molecule has 0 spiro atoms. The maximum atomic E-state index is 14.1. The fraction of sp³-hybridized carbons (Fsp3) is 0.238. The number of pyridine rings is 1. The summed E-state index contributed by atoms with van der Waals surface area (Å²) in [4.78, 5) is 18.7. The number of carbonyl (C=O) groups excluding carboxylic acids is 1. The van der Waals surface area contributed by atoms with E-state index in [1.165, 1.54) is 17.0 Å². The van der Waals surface area contributed by atoms with Gasteiger partial charge in [0, 0.05) is 30.7 Å². The minimum atomic E-state index is -0.999. The first kappa shape index (κ1) is 21.2. The molecule has 1 atom stereocenters. The van der Waals surface area contributed by atoms with Gasteiger partial charge in [-0.2, -0.15) is 0 Å². The fourth-order valence-electron chi connectivity index (χ4n) is 3.63. The first-order chi connectivity index (χ1) is 14.8. The zero-order valence-electron chi connectivity index (χ0n) is 16.6. The maximum Gasteiger partial charge on any atom is 0.322 e. The molecule has 0 fully saturated rings. The summed E-state index contributed by atoms with van der Waals surface area (Å²) >= 11 is 5.77. The van der Waals surface area contributed by atoms with Crippen molar-refractivity contribution in [2.75, 3.05) is 31.3 Å². The Balaban J connectivity index is 1.74. The number of hydrogen-bond acceptors (Lipinski definition) is 4. The first-order valence-corrected chi connectivity index (χ1v) is 9.73. The molecule has 0 radical (unpaired) electrons. The van der Waals surface area contributed by atoms with Crippen LogP contribution < -0.4 is 10.6 Å². The molecule has 31 heavy (non-hydrogen) atoms. The quantitative estimate of drug-likeness (QED) is 0.584. The molecule has 3 aromatic rings. The molecule has 162 valence electrons. The molecule has 1 unspecified atom stereocenters. The van der Waals surface area contributed by atoms with Crippen molar-refractivity contribution in [1.82, 2.24) is 9.88 Å². The Morgan fingerprint density at radius 1 is 1.16 bits per heavy atom. The summed E-state index contributed by atoms with van der Waals surface area (Å²) < 4.78 is 47.0. The Morgan fingerprint density at radius 2 is 1.87 bits per heavy atom. The van der Waals surface area contributed by atoms with Gasteiger partial charge in [-0.15, -0.1) is 0 Å². The smallest absolute Gasteiger partial charge is 0.322 e. The third kappa shape index (κ3) is 3.86. The Morgan fingerprint density at radius 3 is 2.55 bits per heavy atom. The van der Waals surface area contributed by atoms with E-state index in [1.807, 2.05) is 0 Å². The standard InChI is InChI=1S/C21H18ClF3N4O2/c1-26-20-12-7-16(25)15(24)6-11(12)19-17(28-20)8-31-9-18(19)29(2)21(30)27-10-3-4-14(23)13(22)5-10/h3-7,18H,8-9H2,1-2H3,(H,26,28)(H,27,30). The summed E-state index contributed by atoms with van der Waals surface area (Å²) in [6.45, 7) is 0.300. The number of carbonyl (C=O) groups is 1. The lowest BCUT2D eigenvalue weighted by Crippen LogP contribution is -2.39. The topological polar surface area (TPSA) is 66.5 Å². The number of fused-ring (bicyclic) bond motifs is 3. The summed E-state index contributed by atoms with van der Waals surface area (Å²) in [5.74, 6) is -2.21. The number of halogens is 4. The van der Waals surface area contributed by atoms with Gasteiger partial charge in [0.15, 0.2) is 11.6 Å². The number of urea groups is 1. The zero-order valence-corrected chi connectivity index (χ0v) is 17.4. The van der Waals surface area contributed by atoms with Crippen LogP contribution in [0.4, 0.5) is 29.5 Å². The minimum Gasteiger partial charge on any atom is -0.373 e. The van der Waals surface area contributed by atoms with E-state index in [0.29, 0.717) is 33.5 Å². The number of nitrogens with one attached hydrogen (secondary N) is 2. The van der Waals surface area contributed by atoms with Gasteiger partial charge in [0.1, 0.15) is 11.6 Å². The molecule has 2 heterocycles. The molecule has 4 rings (SSSR count). The highest BCUT2D eigenvalue weighted by atomic mass is 35.5. The lowest BCUT2D eigenvalue weighted by atomic mass is 9.95. The van der Waals surface area contributed by atoms with Crippen LogP contribution in [0.3, 0.4) is 0 Å². The second-order valence-corrected chi connectivity index (χ2v) is 7.49. The Labute approximate surface area is 181 Å². The van der Waals surface area contributed by atoms with Crippen LogP contribution in [0.1, 0.15) is 17.3 Å². The Bertz CT molecular complexity index is 1190. The number of rotatable bonds is 3. The van der Waals surface area contributed by atoms with Crippen molar-refractivity contribution in [1.29, 1.82) is 0 Å². The predicted molar refractivity (Wildman–Crippen MR) is 112 cm³/mol. The first-order valence-electron chi connectivity index (χ1n) is 9.36. The molecular formula is C21H18ClF3N4O2. The molecule has 1 aliphatic rings. The van der Waals surface area contributed by atoms with Gasteiger partial charge in [0.05, 0.1) is 30.0 Å². The number of nitrogens with zero attached hydrogens (tertiary/aromatic N) is 2. The lowest BCUT2D eigenvalue weighted by Gasteiger charge is -2.34. The van der Waals surface area contributed by atoms with E-state index in [-0.39, 0.29) is 18.2 Å². The van der Waals surface area contributed by atoms with Crippen LogP contribution in [-0.2, 0) is 11.3 Å². The number of likely N-dealkylation sites (N-methyl/N-ethyl adjacent to an activating group) is 1. The van der Waals surface area contributed by atoms with E-state index in [1.54, 1.807) is 14.1 Å². The largest absolute Gasteiger partial charge is 0.373 e. The van der Waals surface area contributed by atoms with Gasteiger partial charge in [-0.1, -0.05) is 11.6 Å². The van der Waals surface area contributed by atoms with Crippen molar-refractivity contribution in [3.05, 3.63) is 64.1 Å². The molecule has 2 N–H and O–H groups in total. The second-order valence-electron chi connectivity index (χ2n) is 7.08. The van der Waals surface area contributed by atoms with Crippen LogP contribution in [0.5, 0.6) is 0 Å². The molecule has 2 aromatic carbocycles. The van der Waals surface area contributed by atoms with Crippen LogP contribution >= 0.6 is 11.6 Å². The van der Waals surface area contributed by atoms with Gasteiger partial charge >= 0.3 is 6.03 Å². The van der Waals surface area contributed by atoms with Crippen molar-refractivity contribution in [3.63, 3.8) is 0 Å². The third-order valence-corrected chi connectivity index (χ3v) is 5.50. The van der Waals surface area contributed by atoms with Crippen molar-refractivity contribution in [2.45, 2.75) is 12.6 Å². The summed E-state index contributed by atoms with van der Waals surface area (Å²) in [6, 6.07) is 4.87. The molecular weight excluding hydrogens is 433 g/mol. The number of anilines is 2. The summed E-state index contributed by atoms with van der Waals surface area (Å²) in [6.07, 6.45) is 0. The summed E-state index contributed by atoms with van der Waals surface area (Å²) in [7, 11) is 3.17. The number of benzene rings is 2. The van der Waals surface area contributed by atoms with E-state index in [4.69, 9.17) is 16.3 Å².